The lowest BCUT2D eigenvalue weighted by molar-refractivity contribution is -0.139. The van der Waals surface area contributed by atoms with Crippen molar-refractivity contribution in [2.45, 2.75) is 19.4 Å². The first kappa shape index (κ1) is 15.5. The number of nitriles is 1. The average Bonchev–Trinajstić information content (AvgIpc) is 2.35. The van der Waals surface area contributed by atoms with E-state index >= 15 is 0 Å². The summed E-state index contributed by atoms with van der Waals surface area (Å²) in [6.45, 7) is 2.60. The Morgan fingerprint density at radius 1 is 1.63 bits per heavy atom. The van der Waals surface area contributed by atoms with Gasteiger partial charge in [0.1, 0.15) is 6.07 Å². The van der Waals surface area contributed by atoms with Crippen molar-refractivity contribution < 1.29 is 14.6 Å². The maximum Gasteiger partial charge on any atom is 0.306 e. The zero-order valence-corrected chi connectivity index (χ0v) is 12.1. The lowest BCUT2D eigenvalue weighted by Gasteiger charge is -2.17. The minimum Gasteiger partial charge on any atom is -0.481 e. The predicted molar refractivity (Wildman–Crippen MR) is 75.0 cm³/mol. The molecule has 0 amide bonds. The summed E-state index contributed by atoms with van der Waals surface area (Å²) in [6.07, 6.45) is -0.496. The summed E-state index contributed by atoms with van der Waals surface area (Å²) in [5.74, 6) is -0.907. The lowest BCUT2D eigenvalue weighted by Crippen LogP contribution is -2.26. The van der Waals surface area contributed by atoms with E-state index in [1.165, 1.54) is 0 Å². The summed E-state index contributed by atoms with van der Waals surface area (Å²) in [6, 6.07) is 7.45. The van der Waals surface area contributed by atoms with Gasteiger partial charge in [-0.15, -0.1) is 0 Å². The van der Waals surface area contributed by atoms with Crippen molar-refractivity contribution in [3.63, 3.8) is 0 Å². The molecule has 0 saturated heterocycles. The Hall–Kier alpha value is -1.58. The van der Waals surface area contributed by atoms with E-state index in [4.69, 9.17) is 15.1 Å². The van der Waals surface area contributed by atoms with Gasteiger partial charge in [-0.3, -0.25) is 4.79 Å². The lowest BCUT2D eigenvalue weighted by atomic mass is 10.2. The third-order valence-electron chi connectivity index (χ3n) is 2.45. The molecule has 1 aromatic rings. The van der Waals surface area contributed by atoms with Gasteiger partial charge in [-0.05, 0) is 35.0 Å². The van der Waals surface area contributed by atoms with Crippen LogP contribution in [0.5, 0.6) is 0 Å². The highest BCUT2D eigenvalue weighted by Crippen LogP contribution is 2.23. The van der Waals surface area contributed by atoms with Crippen LogP contribution >= 0.6 is 15.9 Å². The van der Waals surface area contributed by atoms with E-state index in [-0.39, 0.29) is 6.42 Å². The van der Waals surface area contributed by atoms with Crippen molar-refractivity contribution in [3.8, 4) is 6.07 Å². The fourth-order valence-corrected chi connectivity index (χ4v) is 2.08. The van der Waals surface area contributed by atoms with Gasteiger partial charge in [-0.2, -0.15) is 5.26 Å². The van der Waals surface area contributed by atoms with Crippen LogP contribution in [0.3, 0.4) is 0 Å². The third kappa shape index (κ3) is 4.89. The highest BCUT2D eigenvalue weighted by atomic mass is 79.9. The van der Waals surface area contributed by atoms with Gasteiger partial charge in [0, 0.05) is 17.6 Å². The van der Waals surface area contributed by atoms with Crippen molar-refractivity contribution in [1.82, 2.24) is 0 Å². The number of carboxylic acids is 1. The number of carbonyl (C=O) groups is 1. The van der Waals surface area contributed by atoms with Gasteiger partial charge < -0.3 is 15.2 Å². The van der Waals surface area contributed by atoms with E-state index < -0.39 is 12.1 Å². The van der Waals surface area contributed by atoms with Crippen LogP contribution < -0.4 is 5.32 Å². The maximum absolute atomic E-state index is 10.7. The standard InChI is InChI=1S/C13H15BrN2O3/c1-2-19-9(6-13(17)18)8-16-12-5-3-4-11(14)10(12)7-15/h3-5,9,16H,2,6,8H2,1H3,(H,17,18). The molecular formula is C13H15BrN2O3. The number of rotatable bonds is 7. The largest absolute Gasteiger partial charge is 0.481 e. The van der Waals surface area contributed by atoms with Crippen LogP contribution in [-0.2, 0) is 9.53 Å². The summed E-state index contributed by atoms with van der Waals surface area (Å²) < 4.78 is 6.04. The molecule has 102 valence electrons. The van der Waals surface area contributed by atoms with Crippen molar-refractivity contribution >= 4 is 27.6 Å². The highest BCUT2D eigenvalue weighted by Gasteiger charge is 2.14. The topological polar surface area (TPSA) is 82.3 Å². The smallest absolute Gasteiger partial charge is 0.306 e. The Morgan fingerprint density at radius 2 is 2.37 bits per heavy atom. The molecule has 2 N–H and O–H groups in total. The number of carboxylic acid groups (broad SMARTS) is 1. The SMILES string of the molecule is CCOC(CNc1cccc(Br)c1C#N)CC(=O)O. The summed E-state index contributed by atoms with van der Waals surface area (Å²) in [5, 5.41) is 20.9. The summed E-state index contributed by atoms with van der Waals surface area (Å²) in [4.78, 5) is 10.7. The van der Waals surface area contributed by atoms with Crippen molar-refractivity contribution in [3.05, 3.63) is 28.2 Å². The van der Waals surface area contributed by atoms with Crippen molar-refractivity contribution in [1.29, 1.82) is 5.26 Å². The minimum absolute atomic E-state index is 0.0727. The molecule has 0 spiro atoms. The summed E-state index contributed by atoms with van der Waals surface area (Å²) >= 11 is 3.30. The Labute approximate surface area is 120 Å². The number of hydrogen-bond acceptors (Lipinski definition) is 4. The van der Waals surface area contributed by atoms with Crippen LogP contribution in [0.2, 0.25) is 0 Å². The number of nitrogens with zero attached hydrogens (tertiary/aromatic N) is 1. The van der Waals surface area contributed by atoms with E-state index in [0.717, 1.165) is 0 Å². The highest BCUT2D eigenvalue weighted by molar-refractivity contribution is 9.10. The molecule has 0 heterocycles. The van der Waals surface area contributed by atoms with Crippen molar-refractivity contribution in [2.75, 3.05) is 18.5 Å². The van der Waals surface area contributed by atoms with Crippen LogP contribution in [0.25, 0.3) is 0 Å². The zero-order chi connectivity index (χ0) is 14.3. The van der Waals surface area contributed by atoms with E-state index in [9.17, 15) is 4.79 Å². The van der Waals surface area contributed by atoms with Gasteiger partial charge in [0.2, 0.25) is 0 Å². The second-order valence-electron chi connectivity index (χ2n) is 3.83. The Morgan fingerprint density at radius 3 is 2.95 bits per heavy atom. The normalized spacial score (nSPS) is 11.6. The summed E-state index contributed by atoms with van der Waals surface area (Å²) in [5.41, 5.74) is 1.15. The minimum atomic E-state index is -0.907. The van der Waals surface area contributed by atoms with Gasteiger partial charge in [0.05, 0.1) is 23.8 Å². The number of anilines is 1. The van der Waals surface area contributed by atoms with E-state index in [0.29, 0.717) is 28.9 Å². The molecule has 0 radical (unpaired) electrons. The maximum atomic E-state index is 10.7. The molecule has 5 nitrogen and oxygen atoms in total. The molecule has 0 aromatic heterocycles. The van der Waals surface area contributed by atoms with Gasteiger partial charge in [-0.1, -0.05) is 6.07 Å². The first-order valence-corrected chi connectivity index (χ1v) is 6.63. The second-order valence-corrected chi connectivity index (χ2v) is 4.68. The van der Waals surface area contributed by atoms with Gasteiger partial charge in [0.25, 0.3) is 0 Å². The van der Waals surface area contributed by atoms with Crippen LogP contribution in [0, 0.1) is 11.3 Å². The zero-order valence-electron chi connectivity index (χ0n) is 10.5. The Kier molecular flexibility index (Phi) is 6.33. The van der Waals surface area contributed by atoms with Crippen LogP contribution in [0.1, 0.15) is 18.9 Å². The molecule has 1 rings (SSSR count). The number of ether oxygens (including phenoxy) is 1. The molecule has 1 atom stereocenters. The molecule has 0 bridgehead atoms. The Balaban J connectivity index is 2.71. The fraction of sp³-hybridized carbons (Fsp3) is 0.385. The molecule has 6 heteroatoms. The molecule has 0 saturated carbocycles. The number of aliphatic carboxylic acids is 1. The quantitative estimate of drug-likeness (QED) is 0.804. The first-order chi connectivity index (χ1) is 9.08. The third-order valence-corrected chi connectivity index (χ3v) is 3.11. The van der Waals surface area contributed by atoms with Gasteiger partial charge >= 0.3 is 5.97 Å². The van der Waals surface area contributed by atoms with Crippen LogP contribution in [-0.4, -0.2) is 30.3 Å². The molecule has 1 aromatic carbocycles. The first-order valence-electron chi connectivity index (χ1n) is 5.84. The van der Waals surface area contributed by atoms with Gasteiger partial charge in [-0.25, -0.2) is 0 Å². The molecule has 1 unspecified atom stereocenters. The molecular weight excluding hydrogens is 312 g/mol. The molecule has 0 aliphatic rings. The number of halogens is 1. The van der Waals surface area contributed by atoms with E-state index in [1.807, 2.05) is 6.92 Å². The molecule has 0 fully saturated rings. The number of nitrogens with one attached hydrogen (secondary N) is 1. The van der Waals surface area contributed by atoms with Crippen LogP contribution in [0.15, 0.2) is 22.7 Å². The summed E-state index contributed by atoms with van der Waals surface area (Å²) in [7, 11) is 0. The predicted octanol–water partition coefficient (Wildman–Crippen LogP) is 2.61. The Bertz CT molecular complexity index is 485. The average molecular weight is 327 g/mol. The van der Waals surface area contributed by atoms with Gasteiger partial charge in [0.15, 0.2) is 0 Å². The molecule has 19 heavy (non-hydrogen) atoms. The second kappa shape index (κ2) is 7.77. The fourth-order valence-electron chi connectivity index (χ4n) is 1.63. The van der Waals surface area contributed by atoms with Crippen molar-refractivity contribution in [2.24, 2.45) is 0 Å². The van der Waals surface area contributed by atoms with E-state index in [2.05, 4.69) is 27.3 Å². The number of benzene rings is 1. The molecule has 0 aliphatic carbocycles. The molecule has 0 aliphatic heterocycles. The van der Waals surface area contributed by atoms with E-state index in [1.54, 1.807) is 18.2 Å². The number of hydrogen-bond donors (Lipinski definition) is 2. The van der Waals surface area contributed by atoms with Crippen LogP contribution in [0.4, 0.5) is 5.69 Å². The monoisotopic (exact) mass is 326 g/mol.